The Morgan fingerprint density at radius 3 is 2.61 bits per heavy atom. The largest absolute Gasteiger partial charge is 0.444 e. The van der Waals surface area contributed by atoms with E-state index >= 15 is 0 Å². The lowest BCUT2D eigenvalue weighted by atomic mass is 10.2. The Morgan fingerprint density at radius 2 is 2.11 bits per heavy atom. The first-order valence-corrected chi connectivity index (χ1v) is 6.46. The van der Waals surface area contributed by atoms with E-state index in [0.717, 1.165) is 0 Å². The summed E-state index contributed by atoms with van der Waals surface area (Å²) in [5.41, 5.74) is -0.364. The highest BCUT2D eigenvalue weighted by Gasteiger charge is 2.17. The van der Waals surface area contributed by atoms with Crippen LogP contribution in [-0.2, 0) is 11.3 Å². The molecule has 0 aromatic heterocycles. The first-order valence-electron chi connectivity index (χ1n) is 5.29. The van der Waals surface area contributed by atoms with Crippen LogP contribution in [0.25, 0.3) is 0 Å². The first-order chi connectivity index (χ1) is 8.19. The molecule has 0 spiro atoms. The quantitative estimate of drug-likeness (QED) is 0.874. The Kier molecular flexibility index (Phi) is 4.99. The minimum absolute atomic E-state index is 0.0210. The molecule has 0 fully saturated rings. The Balaban J connectivity index is 2.67. The van der Waals surface area contributed by atoms with Crippen molar-refractivity contribution in [3.05, 3.63) is 33.0 Å². The van der Waals surface area contributed by atoms with E-state index in [9.17, 15) is 9.18 Å². The van der Waals surface area contributed by atoms with Gasteiger partial charge in [0.15, 0.2) is 0 Å². The predicted octanol–water partition coefficient (Wildman–Crippen LogP) is 4.27. The van der Waals surface area contributed by atoms with Gasteiger partial charge >= 0.3 is 6.09 Å². The molecule has 6 heteroatoms. The number of hydrogen-bond donors (Lipinski definition) is 1. The van der Waals surface area contributed by atoms with Crippen LogP contribution in [0.1, 0.15) is 26.3 Å². The molecule has 0 bridgehead atoms. The average Bonchev–Trinajstić information content (AvgIpc) is 2.12. The van der Waals surface area contributed by atoms with Gasteiger partial charge in [-0.15, -0.1) is 0 Å². The second-order valence-corrected chi connectivity index (χ2v) is 6.03. The van der Waals surface area contributed by atoms with Crippen LogP contribution in [0.3, 0.4) is 0 Å². The normalized spacial score (nSPS) is 11.2. The average molecular weight is 339 g/mol. The van der Waals surface area contributed by atoms with Crippen LogP contribution in [0.5, 0.6) is 0 Å². The molecule has 0 heterocycles. The third-order valence-electron chi connectivity index (χ3n) is 1.91. The van der Waals surface area contributed by atoms with Gasteiger partial charge in [-0.05, 0) is 32.9 Å². The molecule has 1 aromatic carbocycles. The molecular formula is C12H14BrClFNO2. The summed E-state index contributed by atoms with van der Waals surface area (Å²) in [5.74, 6) is -0.481. The van der Waals surface area contributed by atoms with Crippen LogP contribution in [0, 0.1) is 5.82 Å². The Labute approximate surface area is 119 Å². The summed E-state index contributed by atoms with van der Waals surface area (Å²) >= 11 is 9.02. The SMILES string of the molecule is CC(C)(C)OC(=O)NCc1c(F)cc(Br)cc1Cl. The third-order valence-corrected chi connectivity index (χ3v) is 2.71. The number of alkyl carbamates (subject to hydrolysis) is 1. The smallest absolute Gasteiger partial charge is 0.407 e. The minimum atomic E-state index is -0.610. The van der Waals surface area contributed by atoms with Gasteiger partial charge in [0.2, 0.25) is 0 Å². The van der Waals surface area contributed by atoms with Gasteiger partial charge in [0.05, 0.1) is 6.54 Å². The van der Waals surface area contributed by atoms with Crippen LogP contribution >= 0.6 is 27.5 Å². The molecule has 18 heavy (non-hydrogen) atoms. The molecule has 1 rings (SSSR count). The standard InChI is InChI=1S/C12H14BrClFNO2/c1-12(2,3)18-11(17)16-6-8-9(14)4-7(13)5-10(8)15/h4-5H,6H2,1-3H3,(H,16,17). The maximum atomic E-state index is 13.6. The van der Waals surface area contributed by atoms with Crippen molar-refractivity contribution in [1.29, 1.82) is 0 Å². The zero-order valence-electron chi connectivity index (χ0n) is 10.3. The zero-order chi connectivity index (χ0) is 13.9. The van der Waals surface area contributed by atoms with Crippen molar-refractivity contribution >= 4 is 33.6 Å². The summed E-state index contributed by atoms with van der Waals surface area (Å²) in [5, 5.41) is 2.70. The molecule has 0 saturated carbocycles. The number of amides is 1. The summed E-state index contributed by atoms with van der Waals surface area (Å²) in [4.78, 5) is 11.4. The Hall–Kier alpha value is -0.810. The van der Waals surface area contributed by atoms with Crippen LogP contribution in [0.15, 0.2) is 16.6 Å². The highest BCUT2D eigenvalue weighted by molar-refractivity contribution is 9.10. The molecule has 0 aliphatic carbocycles. The molecule has 3 nitrogen and oxygen atoms in total. The maximum absolute atomic E-state index is 13.6. The van der Waals surface area contributed by atoms with Gasteiger partial charge < -0.3 is 10.1 Å². The van der Waals surface area contributed by atoms with E-state index in [1.165, 1.54) is 6.07 Å². The molecule has 0 radical (unpaired) electrons. The summed E-state index contributed by atoms with van der Waals surface area (Å²) in [6.45, 7) is 5.23. The number of benzene rings is 1. The lowest BCUT2D eigenvalue weighted by Crippen LogP contribution is -2.32. The molecule has 0 saturated heterocycles. The summed E-state index contributed by atoms with van der Waals surface area (Å²) in [6, 6.07) is 2.86. The molecule has 1 aromatic rings. The van der Waals surface area contributed by atoms with Gasteiger partial charge in [-0.3, -0.25) is 0 Å². The fraction of sp³-hybridized carbons (Fsp3) is 0.417. The predicted molar refractivity (Wildman–Crippen MR) is 72.2 cm³/mol. The lowest BCUT2D eigenvalue weighted by molar-refractivity contribution is 0.0523. The number of carbonyl (C=O) groups excluding carboxylic acids is 1. The fourth-order valence-electron chi connectivity index (χ4n) is 1.22. The molecule has 0 unspecified atom stereocenters. The van der Waals surface area contributed by atoms with Crippen molar-refractivity contribution in [2.24, 2.45) is 0 Å². The highest BCUT2D eigenvalue weighted by atomic mass is 79.9. The summed E-state index contributed by atoms with van der Waals surface area (Å²) in [6.07, 6.45) is -0.610. The Morgan fingerprint density at radius 1 is 1.50 bits per heavy atom. The van der Waals surface area contributed by atoms with E-state index in [1.807, 2.05) is 0 Å². The first kappa shape index (κ1) is 15.2. The van der Waals surface area contributed by atoms with Crippen molar-refractivity contribution in [3.63, 3.8) is 0 Å². The van der Waals surface area contributed by atoms with Gasteiger partial charge in [0.25, 0.3) is 0 Å². The molecular weight excluding hydrogens is 324 g/mol. The lowest BCUT2D eigenvalue weighted by Gasteiger charge is -2.19. The van der Waals surface area contributed by atoms with E-state index in [0.29, 0.717) is 4.47 Å². The minimum Gasteiger partial charge on any atom is -0.444 e. The number of hydrogen-bond acceptors (Lipinski definition) is 2. The molecule has 0 atom stereocenters. The maximum Gasteiger partial charge on any atom is 0.407 e. The van der Waals surface area contributed by atoms with Crippen molar-refractivity contribution in [2.45, 2.75) is 32.9 Å². The topological polar surface area (TPSA) is 38.3 Å². The highest BCUT2D eigenvalue weighted by Crippen LogP contribution is 2.24. The van der Waals surface area contributed by atoms with E-state index in [2.05, 4.69) is 21.2 Å². The molecule has 0 aliphatic heterocycles. The van der Waals surface area contributed by atoms with Crippen LogP contribution in [0.4, 0.5) is 9.18 Å². The van der Waals surface area contributed by atoms with Gasteiger partial charge in [-0.2, -0.15) is 0 Å². The summed E-state index contributed by atoms with van der Waals surface area (Å²) in [7, 11) is 0. The van der Waals surface area contributed by atoms with Crippen LogP contribution < -0.4 is 5.32 Å². The van der Waals surface area contributed by atoms with Gasteiger partial charge in [0, 0.05) is 15.1 Å². The van der Waals surface area contributed by atoms with E-state index < -0.39 is 17.5 Å². The zero-order valence-corrected chi connectivity index (χ0v) is 12.7. The number of ether oxygens (including phenoxy) is 1. The van der Waals surface area contributed by atoms with E-state index in [-0.39, 0.29) is 17.1 Å². The number of halogens is 3. The fourth-order valence-corrected chi connectivity index (χ4v) is 2.05. The third kappa shape index (κ3) is 4.82. The molecule has 100 valence electrons. The van der Waals surface area contributed by atoms with Crippen molar-refractivity contribution < 1.29 is 13.9 Å². The number of rotatable bonds is 2. The van der Waals surface area contributed by atoms with Gasteiger partial charge in [0.1, 0.15) is 11.4 Å². The monoisotopic (exact) mass is 337 g/mol. The van der Waals surface area contributed by atoms with Gasteiger partial charge in [-0.1, -0.05) is 27.5 Å². The van der Waals surface area contributed by atoms with E-state index in [4.69, 9.17) is 16.3 Å². The second kappa shape index (κ2) is 5.89. The van der Waals surface area contributed by atoms with Crippen molar-refractivity contribution in [3.8, 4) is 0 Å². The van der Waals surface area contributed by atoms with Gasteiger partial charge in [-0.25, -0.2) is 9.18 Å². The molecule has 0 aliphatic rings. The number of carbonyl (C=O) groups is 1. The number of nitrogens with one attached hydrogen (secondary N) is 1. The molecule has 1 amide bonds. The van der Waals surface area contributed by atoms with Crippen molar-refractivity contribution in [2.75, 3.05) is 0 Å². The van der Waals surface area contributed by atoms with Crippen LogP contribution in [-0.4, -0.2) is 11.7 Å². The van der Waals surface area contributed by atoms with E-state index in [1.54, 1.807) is 26.8 Å². The Bertz CT molecular complexity index is 437. The second-order valence-electron chi connectivity index (χ2n) is 4.70. The summed E-state index contributed by atoms with van der Waals surface area (Å²) < 4.78 is 19.2. The van der Waals surface area contributed by atoms with Crippen LogP contribution in [0.2, 0.25) is 5.02 Å². The van der Waals surface area contributed by atoms with Crippen molar-refractivity contribution in [1.82, 2.24) is 5.32 Å². The molecule has 1 N–H and O–H groups in total.